The Hall–Kier alpha value is -1.38. The summed E-state index contributed by atoms with van der Waals surface area (Å²) in [5.74, 6) is -0.429. The van der Waals surface area contributed by atoms with Crippen molar-refractivity contribution in [2.45, 2.75) is 25.8 Å². The summed E-state index contributed by atoms with van der Waals surface area (Å²) in [7, 11) is 0. The molecule has 1 atom stereocenters. The van der Waals surface area contributed by atoms with Gasteiger partial charge in [-0.25, -0.2) is 4.39 Å². The number of carbonyl (C=O) groups is 1. The summed E-state index contributed by atoms with van der Waals surface area (Å²) in [6, 6.07) is 5.19. The van der Waals surface area contributed by atoms with Gasteiger partial charge in [0.1, 0.15) is 5.82 Å². The van der Waals surface area contributed by atoms with E-state index in [1.807, 2.05) is 6.07 Å². The van der Waals surface area contributed by atoms with Gasteiger partial charge in [-0.2, -0.15) is 0 Å². The zero-order chi connectivity index (χ0) is 10.8. The highest BCUT2D eigenvalue weighted by atomic mass is 19.1. The Morgan fingerprint density at radius 3 is 2.93 bits per heavy atom. The van der Waals surface area contributed by atoms with Gasteiger partial charge in [0.2, 0.25) is 0 Å². The Kier molecular flexibility index (Phi) is 2.71. The quantitative estimate of drug-likeness (QED) is 0.695. The number of nitrogens with zero attached hydrogens (tertiary/aromatic N) is 1. The molecule has 0 bridgehead atoms. The molecule has 1 heterocycles. The lowest BCUT2D eigenvalue weighted by molar-refractivity contribution is 0.112. The van der Waals surface area contributed by atoms with Crippen molar-refractivity contribution in [2.75, 3.05) is 11.4 Å². The summed E-state index contributed by atoms with van der Waals surface area (Å²) in [6.07, 6.45) is 2.82. The molecule has 1 aromatic rings. The smallest absolute Gasteiger partial charge is 0.155 e. The van der Waals surface area contributed by atoms with E-state index in [0.717, 1.165) is 25.1 Å². The fourth-order valence-electron chi connectivity index (χ4n) is 2.18. The SMILES string of the molecule is CC1CCCN1c1cccc(F)c1C=O. The molecule has 2 nitrogen and oxygen atoms in total. The fraction of sp³-hybridized carbons (Fsp3) is 0.417. The number of rotatable bonds is 2. The lowest BCUT2D eigenvalue weighted by atomic mass is 10.1. The van der Waals surface area contributed by atoms with Crippen molar-refractivity contribution in [1.82, 2.24) is 0 Å². The zero-order valence-electron chi connectivity index (χ0n) is 8.74. The second-order valence-electron chi connectivity index (χ2n) is 3.98. The van der Waals surface area contributed by atoms with Crippen LogP contribution in [0.15, 0.2) is 18.2 Å². The van der Waals surface area contributed by atoms with Crippen LogP contribution in [0.2, 0.25) is 0 Å². The number of anilines is 1. The molecule has 1 unspecified atom stereocenters. The van der Waals surface area contributed by atoms with E-state index >= 15 is 0 Å². The molecule has 1 aromatic carbocycles. The van der Waals surface area contributed by atoms with Gasteiger partial charge in [0, 0.05) is 12.6 Å². The molecule has 0 saturated carbocycles. The molecule has 0 radical (unpaired) electrons. The van der Waals surface area contributed by atoms with E-state index in [4.69, 9.17) is 0 Å². The fourth-order valence-corrected chi connectivity index (χ4v) is 2.18. The number of benzene rings is 1. The summed E-state index contributed by atoms with van der Waals surface area (Å²) in [5, 5.41) is 0. The minimum Gasteiger partial charge on any atom is -0.368 e. The van der Waals surface area contributed by atoms with E-state index in [0.29, 0.717) is 12.3 Å². The molecule has 80 valence electrons. The predicted molar refractivity (Wildman–Crippen MR) is 57.8 cm³/mol. The molecular formula is C12H14FNO. The molecule has 0 N–H and O–H groups in total. The highest BCUT2D eigenvalue weighted by Gasteiger charge is 2.23. The average molecular weight is 207 g/mol. The van der Waals surface area contributed by atoms with Crippen LogP contribution in [0.4, 0.5) is 10.1 Å². The van der Waals surface area contributed by atoms with E-state index in [1.165, 1.54) is 6.07 Å². The van der Waals surface area contributed by atoms with Crippen molar-refractivity contribution >= 4 is 12.0 Å². The van der Waals surface area contributed by atoms with Crippen molar-refractivity contribution in [1.29, 1.82) is 0 Å². The molecule has 0 aliphatic carbocycles. The predicted octanol–water partition coefficient (Wildman–Crippen LogP) is 2.63. The third-order valence-electron chi connectivity index (χ3n) is 3.01. The first-order chi connectivity index (χ1) is 7.24. The number of hydrogen-bond donors (Lipinski definition) is 0. The van der Waals surface area contributed by atoms with E-state index < -0.39 is 5.82 Å². The van der Waals surface area contributed by atoms with Crippen LogP contribution in [0.3, 0.4) is 0 Å². The van der Waals surface area contributed by atoms with E-state index in [-0.39, 0.29) is 5.56 Å². The second kappa shape index (κ2) is 4.01. The van der Waals surface area contributed by atoms with E-state index in [9.17, 15) is 9.18 Å². The molecule has 3 heteroatoms. The first-order valence-corrected chi connectivity index (χ1v) is 5.24. The minimum absolute atomic E-state index is 0.186. The molecule has 0 spiro atoms. The summed E-state index contributed by atoms with van der Waals surface area (Å²) >= 11 is 0. The van der Waals surface area contributed by atoms with Crippen LogP contribution in [0.5, 0.6) is 0 Å². The Balaban J connectivity index is 2.42. The van der Waals surface area contributed by atoms with E-state index in [1.54, 1.807) is 6.07 Å². The molecular weight excluding hydrogens is 193 g/mol. The summed E-state index contributed by atoms with van der Waals surface area (Å²) in [4.78, 5) is 12.9. The van der Waals surface area contributed by atoms with Gasteiger partial charge in [-0.05, 0) is 31.9 Å². The molecule has 1 saturated heterocycles. The van der Waals surface area contributed by atoms with Gasteiger partial charge >= 0.3 is 0 Å². The van der Waals surface area contributed by atoms with Crippen LogP contribution in [0.1, 0.15) is 30.1 Å². The average Bonchev–Trinajstić information content (AvgIpc) is 2.64. The minimum atomic E-state index is -0.429. The normalized spacial score (nSPS) is 20.7. The Labute approximate surface area is 88.7 Å². The molecule has 1 aliphatic rings. The third kappa shape index (κ3) is 1.74. The molecule has 0 amide bonds. The van der Waals surface area contributed by atoms with Crippen molar-refractivity contribution in [3.63, 3.8) is 0 Å². The Morgan fingerprint density at radius 1 is 1.53 bits per heavy atom. The maximum atomic E-state index is 13.4. The van der Waals surface area contributed by atoms with Gasteiger partial charge in [-0.15, -0.1) is 0 Å². The van der Waals surface area contributed by atoms with Crippen molar-refractivity contribution in [3.05, 3.63) is 29.6 Å². The van der Waals surface area contributed by atoms with Gasteiger partial charge in [0.15, 0.2) is 6.29 Å². The maximum Gasteiger partial charge on any atom is 0.155 e. The topological polar surface area (TPSA) is 20.3 Å². The van der Waals surface area contributed by atoms with Crippen LogP contribution < -0.4 is 4.90 Å². The molecule has 15 heavy (non-hydrogen) atoms. The summed E-state index contributed by atoms with van der Waals surface area (Å²) in [6.45, 7) is 3.01. The van der Waals surface area contributed by atoms with Gasteiger partial charge < -0.3 is 4.90 Å². The van der Waals surface area contributed by atoms with Gasteiger partial charge in [0.25, 0.3) is 0 Å². The lowest BCUT2D eigenvalue weighted by Crippen LogP contribution is -2.27. The first kappa shape index (κ1) is 10.1. The van der Waals surface area contributed by atoms with Gasteiger partial charge in [0.05, 0.1) is 11.3 Å². The zero-order valence-corrected chi connectivity index (χ0v) is 8.74. The van der Waals surface area contributed by atoms with Crippen molar-refractivity contribution in [2.24, 2.45) is 0 Å². The Bertz CT molecular complexity index is 378. The maximum absolute atomic E-state index is 13.4. The summed E-state index contributed by atoms with van der Waals surface area (Å²) in [5.41, 5.74) is 0.918. The molecule has 2 rings (SSSR count). The van der Waals surface area contributed by atoms with Gasteiger partial charge in [-0.1, -0.05) is 6.07 Å². The molecule has 1 aliphatic heterocycles. The third-order valence-corrected chi connectivity index (χ3v) is 3.01. The highest BCUT2D eigenvalue weighted by Crippen LogP contribution is 2.28. The number of aldehydes is 1. The van der Waals surface area contributed by atoms with Crippen molar-refractivity contribution < 1.29 is 9.18 Å². The van der Waals surface area contributed by atoms with Crippen LogP contribution in [0, 0.1) is 5.82 Å². The monoisotopic (exact) mass is 207 g/mol. The standard InChI is InChI=1S/C12H14FNO/c1-9-4-3-7-14(9)12-6-2-5-11(13)10(12)8-15/h2,5-6,8-9H,3-4,7H2,1H3. The summed E-state index contributed by atoms with van der Waals surface area (Å²) < 4.78 is 13.4. The highest BCUT2D eigenvalue weighted by molar-refractivity contribution is 5.85. The first-order valence-electron chi connectivity index (χ1n) is 5.24. The molecule has 0 aromatic heterocycles. The van der Waals surface area contributed by atoms with Crippen LogP contribution in [-0.2, 0) is 0 Å². The van der Waals surface area contributed by atoms with Crippen molar-refractivity contribution in [3.8, 4) is 0 Å². The molecule has 1 fully saturated rings. The number of halogens is 1. The lowest BCUT2D eigenvalue weighted by Gasteiger charge is -2.25. The van der Waals surface area contributed by atoms with Gasteiger partial charge in [-0.3, -0.25) is 4.79 Å². The van der Waals surface area contributed by atoms with Crippen LogP contribution in [0.25, 0.3) is 0 Å². The van der Waals surface area contributed by atoms with Crippen LogP contribution >= 0.6 is 0 Å². The van der Waals surface area contributed by atoms with Crippen LogP contribution in [-0.4, -0.2) is 18.9 Å². The number of carbonyl (C=O) groups excluding carboxylic acids is 1. The van der Waals surface area contributed by atoms with E-state index in [2.05, 4.69) is 11.8 Å². The Morgan fingerprint density at radius 2 is 2.33 bits per heavy atom. The largest absolute Gasteiger partial charge is 0.368 e. The second-order valence-corrected chi connectivity index (χ2v) is 3.98. The number of hydrogen-bond acceptors (Lipinski definition) is 2.